The molecule has 1 amide bonds. The summed E-state index contributed by atoms with van der Waals surface area (Å²) >= 11 is 5.95. The van der Waals surface area contributed by atoms with E-state index < -0.39 is 0 Å². The van der Waals surface area contributed by atoms with E-state index in [1.54, 1.807) is 17.0 Å². The second-order valence-corrected chi connectivity index (χ2v) is 6.69. The summed E-state index contributed by atoms with van der Waals surface area (Å²) in [5.74, 6) is -0.346. The quantitative estimate of drug-likeness (QED) is 0.623. The van der Waals surface area contributed by atoms with Crippen molar-refractivity contribution in [3.63, 3.8) is 0 Å². The molecule has 0 spiro atoms. The second-order valence-electron chi connectivity index (χ2n) is 6.28. The molecule has 138 valence electrons. The summed E-state index contributed by atoms with van der Waals surface area (Å²) in [6.45, 7) is 0.691. The van der Waals surface area contributed by atoms with Crippen molar-refractivity contribution in [3.05, 3.63) is 58.2 Å². The summed E-state index contributed by atoms with van der Waals surface area (Å²) < 4.78 is 5.40. The highest BCUT2D eigenvalue weighted by Gasteiger charge is 2.29. The molecule has 2 heterocycles. The number of carbonyl (C=O) groups excluding carboxylic acids is 1. The lowest BCUT2D eigenvalue weighted by Gasteiger charge is -2.26. The van der Waals surface area contributed by atoms with Gasteiger partial charge in [0.15, 0.2) is 5.76 Å². The van der Waals surface area contributed by atoms with Gasteiger partial charge in [-0.05, 0) is 24.3 Å². The van der Waals surface area contributed by atoms with Gasteiger partial charge in [0.05, 0.1) is 22.8 Å². The van der Waals surface area contributed by atoms with Crippen molar-refractivity contribution in [1.29, 1.82) is 0 Å². The van der Waals surface area contributed by atoms with Gasteiger partial charge in [0.2, 0.25) is 0 Å². The lowest BCUT2D eigenvalue weighted by Crippen LogP contribution is -2.35. The molecule has 0 saturated carbocycles. The van der Waals surface area contributed by atoms with Crippen LogP contribution in [0.3, 0.4) is 0 Å². The van der Waals surface area contributed by atoms with Gasteiger partial charge in [0.1, 0.15) is 17.2 Å². The van der Waals surface area contributed by atoms with Gasteiger partial charge in [-0.15, -0.1) is 0 Å². The minimum Gasteiger partial charge on any atom is -0.508 e. The minimum atomic E-state index is -0.244. The van der Waals surface area contributed by atoms with E-state index in [9.17, 15) is 20.1 Å². The maximum absolute atomic E-state index is 12.8. The Morgan fingerprint density at radius 2 is 1.96 bits per heavy atom. The number of rotatable bonds is 2. The van der Waals surface area contributed by atoms with Crippen molar-refractivity contribution < 1.29 is 24.6 Å². The lowest BCUT2D eigenvalue weighted by molar-refractivity contribution is 0.0734. The van der Waals surface area contributed by atoms with Gasteiger partial charge < -0.3 is 24.7 Å². The third-order valence-corrected chi connectivity index (χ3v) is 4.83. The molecule has 27 heavy (non-hydrogen) atoms. The molecule has 1 aliphatic rings. The highest BCUT2D eigenvalue weighted by Crippen LogP contribution is 2.40. The molecule has 0 bridgehead atoms. The first-order valence-electron chi connectivity index (χ1n) is 8.21. The predicted molar refractivity (Wildman–Crippen MR) is 96.8 cm³/mol. The molecule has 0 radical (unpaired) electrons. The van der Waals surface area contributed by atoms with Crippen LogP contribution < -0.4 is 0 Å². The van der Waals surface area contributed by atoms with Crippen molar-refractivity contribution in [2.24, 2.45) is 0 Å². The second kappa shape index (κ2) is 6.51. The number of benzene rings is 2. The molecule has 0 saturated heterocycles. The average molecular weight is 387 g/mol. The SMILES string of the molecule is O=C(c1cccc(O)c1)N1CCc2noc(-c3cc(Cl)c(O)cc3O)c2C1. The fourth-order valence-corrected chi connectivity index (χ4v) is 3.32. The van der Waals surface area contributed by atoms with Crippen LogP contribution >= 0.6 is 11.6 Å². The van der Waals surface area contributed by atoms with Crippen LogP contribution in [0.1, 0.15) is 21.6 Å². The normalized spacial score (nSPS) is 13.4. The number of phenols is 3. The van der Waals surface area contributed by atoms with Gasteiger partial charge in [-0.1, -0.05) is 22.8 Å². The molecule has 0 atom stereocenters. The molecule has 0 unspecified atom stereocenters. The van der Waals surface area contributed by atoms with E-state index in [2.05, 4.69) is 5.16 Å². The van der Waals surface area contributed by atoms with Crippen molar-refractivity contribution in [2.45, 2.75) is 13.0 Å². The van der Waals surface area contributed by atoms with Crippen LogP contribution in [-0.2, 0) is 13.0 Å². The Morgan fingerprint density at radius 3 is 2.74 bits per heavy atom. The molecular weight excluding hydrogens is 372 g/mol. The molecule has 1 aliphatic heterocycles. The Kier molecular flexibility index (Phi) is 4.16. The van der Waals surface area contributed by atoms with E-state index in [-0.39, 0.29) is 34.7 Å². The zero-order valence-corrected chi connectivity index (χ0v) is 14.8. The molecule has 4 rings (SSSR count). The van der Waals surface area contributed by atoms with Gasteiger partial charge in [-0.3, -0.25) is 4.79 Å². The van der Waals surface area contributed by atoms with Crippen molar-refractivity contribution in [1.82, 2.24) is 10.1 Å². The fraction of sp³-hybridized carbons (Fsp3) is 0.158. The largest absolute Gasteiger partial charge is 0.508 e. The van der Waals surface area contributed by atoms with E-state index in [1.165, 1.54) is 18.2 Å². The highest BCUT2D eigenvalue weighted by molar-refractivity contribution is 6.32. The number of hydrogen-bond donors (Lipinski definition) is 3. The van der Waals surface area contributed by atoms with Crippen LogP contribution in [-0.4, -0.2) is 37.8 Å². The number of phenolic OH excluding ortho intramolecular Hbond substituents is 3. The van der Waals surface area contributed by atoms with Gasteiger partial charge in [0, 0.05) is 30.2 Å². The van der Waals surface area contributed by atoms with E-state index >= 15 is 0 Å². The number of amides is 1. The number of aromatic nitrogens is 1. The summed E-state index contributed by atoms with van der Waals surface area (Å²) in [5, 5.41) is 33.5. The number of fused-ring (bicyclic) bond motifs is 1. The Labute approximate surface area is 159 Å². The molecule has 3 aromatic rings. The van der Waals surface area contributed by atoms with Crippen LogP contribution in [0.4, 0.5) is 0 Å². The first-order valence-corrected chi connectivity index (χ1v) is 8.59. The molecule has 2 aromatic carbocycles. The molecule has 3 N–H and O–H groups in total. The molecule has 8 heteroatoms. The van der Waals surface area contributed by atoms with E-state index in [0.717, 1.165) is 6.07 Å². The topological polar surface area (TPSA) is 107 Å². The number of hydrogen-bond acceptors (Lipinski definition) is 6. The van der Waals surface area contributed by atoms with Crippen LogP contribution in [0.5, 0.6) is 17.2 Å². The standard InChI is InChI=1S/C19H15ClN2O5/c20-14-7-12(16(24)8-17(14)25)18-13-9-22(5-4-15(13)21-27-18)19(26)10-2-1-3-11(23)6-10/h1-3,6-8,23-25H,4-5,9H2. The van der Waals surface area contributed by atoms with Gasteiger partial charge in [0.25, 0.3) is 5.91 Å². The monoisotopic (exact) mass is 386 g/mol. The Morgan fingerprint density at radius 1 is 1.15 bits per heavy atom. The van der Waals surface area contributed by atoms with Crippen molar-refractivity contribution in [3.8, 4) is 28.6 Å². The highest BCUT2D eigenvalue weighted by atomic mass is 35.5. The molecule has 1 aromatic heterocycles. The van der Waals surface area contributed by atoms with Gasteiger partial charge in [-0.2, -0.15) is 0 Å². The van der Waals surface area contributed by atoms with Crippen LogP contribution in [0.2, 0.25) is 5.02 Å². The first-order chi connectivity index (χ1) is 12.9. The number of aromatic hydroxyl groups is 3. The maximum atomic E-state index is 12.8. The van der Waals surface area contributed by atoms with Gasteiger partial charge >= 0.3 is 0 Å². The lowest BCUT2D eigenvalue weighted by atomic mass is 10.00. The van der Waals surface area contributed by atoms with Gasteiger partial charge in [-0.25, -0.2) is 0 Å². The number of nitrogens with zero attached hydrogens (tertiary/aromatic N) is 2. The third-order valence-electron chi connectivity index (χ3n) is 4.53. The summed E-state index contributed by atoms with van der Waals surface area (Å²) in [6, 6.07) is 8.68. The van der Waals surface area contributed by atoms with Crippen LogP contribution in [0.25, 0.3) is 11.3 Å². The van der Waals surface area contributed by atoms with E-state index in [4.69, 9.17) is 16.1 Å². The number of halogens is 1. The van der Waals surface area contributed by atoms with Crippen molar-refractivity contribution >= 4 is 17.5 Å². The zero-order valence-electron chi connectivity index (χ0n) is 14.0. The predicted octanol–water partition coefficient (Wildman–Crippen LogP) is 3.31. The summed E-state index contributed by atoms with van der Waals surface area (Å²) in [4.78, 5) is 14.4. The molecule has 7 nitrogen and oxygen atoms in total. The maximum Gasteiger partial charge on any atom is 0.254 e. The molecule has 0 fully saturated rings. The summed E-state index contributed by atoms with van der Waals surface area (Å²) in [5.41, 5.74) is 2.05. The molecular formula is C19H15ClN2O5. The van der Waals surface area contributed by atoms with E-state index in [1.807, 2.05) is 0 Å². The number of carbonyl (C=O) groups is 1. The van der Waals surface area contributed by atoms with Crippen LogP contribution in [0.15, 0.2) is 40.9 Å². The average Bonchev–Trinajstić information content (AvgIpc) is 3.07. The van der Waals surface area contributed by atoms with E-state index in [0.29, 0.717) is 41.1 Å². The third kappa shape index (κ3) is 3.06. The smallest absolute Gasteiger partial charge is 0.254 e. The Balaban J connectivity index is 1.68. The van der Waals surface area contributed by atoms with Crippen LogP contribution in [0, 0.1) is 0 Å². The minimum absolute atomic E-state index is 0.0212. The summed E-state index contributed by atoms with van der Waals surface area (Å²) in [7, 11) is 0. The fourth-order valence-electron chi connectivity index (χ4n) is 3.15. The zero-order chi connectivity index (χ0) is 19.1. The molecule has 0 aliphatic carbocycles. The Bertz CT molecular complexity index is 1050. The first kappa shape index (κ1) is 17.2. The summed E-state index contributed by atoms with van der Waals surface area (Å²) in [6.07, 6.45) is 0.496. The van der Waals surface area contributed by atoms with Crippen molar-refractivity contribution in [2.75, 3.05) is 6.54 Å². The Hall–Kier alpha value is -3.19.